The van der Waals surface area contributed by atoms with Gasteiger partial charge in [0.25, 0.3) is 5.56 Å². The molecule has 96 valence electrons. The van der Waals surface area contributed by atoms with Crippen LogP contribution in [0, 0.1) is 6.92 Å². The second-order valence-electron chi connectivity index (χ2n) is 5.32. The number of aromatic nitrogens is 4. The largest absolute Gasteiger partial charge is 0.393 e. The van der Waals surface area contributed by atoms with Crippen molar-refractivity contribution in [1.82, 2.24) is 20.0 Å². The predicted octanol–water partition coefficient (Wildman–Crippen LogP) is 1.14. The van der Waals surface area contributed by atoms with E-state index in [4.69, 9.17) is 5.73 Å². The zero-order chi connectivity index (χ0) is 13.5. The smallest absolute Gasteiger partial charge is 0.296 e. The lowest BCUT2D eigenvalue weighted by atomic mass is 9.91. The molecule has 0 amide bonds. The fraction of sp³-hybridized carbons (Fsp3) is 0.417. The molecule has 2 heterocycles. The lowest BCUT2D eigenvalue weighted by Gasteiger charge is -2.16. The Morgan fingerprint density at radius 3 is 2.39 bits per heavy atom. The number of anilines is 1. The Kier molecular flexibility index (Phi) is 2.73. The second-order valence-corrected chi connectivity index (χ2v) is 5.32. The second kappa shape index (κ2) is 3.97. The molecule has 2 aromatic heterocycles. The number of nitrogens with two attached hydrogens (primary N) is 1. The summed E-state index contributed by atoms with van der Waals surface area (Å²) in [4.78, 5) is 12.1. The monoisotopic (exact) mass is 247 g/mol. The van der Waals surface area contributed by atoms with Crippen LogP contribution in [0.2, 0.25) is 0 Å². The highest BCUT2D eigenvalue weighted by Gasteiger charge is 2.23. The third-order valence-electron chi connectivity index (χ3n) is 2.69. The molecule has 0 bridgehead atoms. The summed E-state index contributed by atoms with van der Waals surface area (Å²) in [5.41, 5.74) is 7.05. The number of aromatic amines is 1. The molecular weight excluding hydrogens is 230 g/mol. The van der Waals surface area contributed by atoms with E-state index in [9.17, 15) is 4.79 Å². The molecule has 0 atom stereocenters. The third-order valence-corrected chi connectivity index (χ3v) is 2.69. The fourth-order valence-corrected chi connectivity index (χ4v) is 1.69. The van der Waals surface area contributed by atoms with Crippen LogP contribution in [0.1, 0.15) is 32.2 Å². The molecule has 18 heavy (non-hydrogen) atoms. The Morgan fingerprint density at radius 2 is 1.94 bits per heavy atom. The highest BCUT2D eigenvalue weighted by atomic mass is 16.1. The van der Waals surface area contributed by atoms with Crippen molar-refractivity contribution >= 4 is 5.69 Å². The van der Waals surface area contributed by atoms with Crippen LogP contribution in [0.3, 0.4) is 0 Å². The first-order valence-corrected chi connectivity index (χ1v) is 5.72. The van der Waals surface area contributed by atoms with Gasteiger partial charge in [-0.15, -0.1) is 5.10 Å². The van der Waals surface area contributed by atoms with Gasteiger partial charge in [0.15, 0.2) is 5.82 Å². The fourth-order valence-electron chi connectivity index (χ4n) is 1.69. The standard InChI is InChI=1S/C12H17N5O/c1-7-5-6-8(15-14-7)17-11(18)9(13)10(16-17)12(2,3)4/h5-6,16H,13H2,1-4H3. The first-order chi connectivity index (χ1) is 8.30. The molecule has 0 fully saturated rings. The van der Waals surface area contributed by atoms with Crippen molar-refractivity contribution in [1.29, 1.82) is 0 Å². The van der Waals surface area contributed by atoms with Gasteiger partial charge in [-0.2, -0.15) is 9.78 Å². The van der Waals surface area contributed by atoms with Crippen LogP contribution in [0.5, 0.6) is 0 Å². The topological polar surface area (TPSA) is 89.6 Å². The molecule has 0 radical (unpaired) electrons. The summed E-state index contributed by atoms with van der Waals surface area (Å²) in [7, 11) is 0. The summed E-state index contributed by atoms with van der Waals surface area (Å²) in [6.07, 6.45) is 0. The molecule has 0 spiro atoms. The van der Waals surface area contributed by atoms with E-state index >= 15 is 0 Å². The SMILES string of the molecule is Cc1ccc(-n2[nH]c(C(C)(C)C)c(N)c2=O)nn1. The number of nitrogens with one attached hydrogen (secondary N) is 1. The molecule has 0 aromatic carbocycles. The van der Waals surface area contributed by atoms with Gasteiger partial charge in [0, 0.05) is 5.41 Å². The van der Waals surface area contributed by atoms with Crippen molar-refractivity contribution in [2.75, 3.05) is 5.73 Å². The van der Waals surface area contributed by atoms with Gasteiger partial charge in [0.05, 0.1) is 11.4 Å². The summed E-state index contributed by atoms with van der Waals surface area (Å²) < 4.78 is 1.32. The Bertz CT molecular complexity index is 615. The number of rotatable bonds is 1. The quantitative estimate of drug-likeness (QED) is 0.790. The highest BCUT2D eigenvalue weighted by molar-refractivity contribution is 5.46. The maximum atomic E-state index is 12.1. The number of H-pyrrole nitrogens is 1. The van der Waals surface area contributed by atoms with Crippen molar-refractivity contribution in [3.05, 3.63) is 33.9 Å². The van der Waals surface area contributed by atoms with E-state index in [-0.39, 0.29) is 16.7 Å². The van der Waals surface area contributed by atoms with Gasteiger partial charge in [-0.1, -0.05) is 20.8 Å². The van der Waals surface area contributed by atoms with E-state index in [0.717, 1.165) is 5.69 Å². The van der Waals surface area contributed by atoms with Crippen LogP contribution in [0.15, 0.2) is 16.9 Å². The van der Waals surface area contributed by atoms with Gasteiger partial charge in [-0.05, 0) is 19.1 Å². The predicted molar refractivity (Wildman–Crippen MR) is 69.8 cm³/mol. The minimum absolute atomic E-state index is 0.227. The Hall–Kier alpha value is -2.11. The highest BCUT2D eigenvalue weighted by Crippen LogP contribution is 2.23. The third kappa shape index (κ3) is 2.01. The number of nitrogen functional groups attached to an aromatic ring is 1. The number of hydrogen-bond donors (Lipinski definition) is 2. The summed E-state index contributed by atoms with van der Waals surface area (Å²) in [6, 6.07) is 3.52. The van der Waals surface area contributed by atoms with E-state index in [2.05, 4.69) is 15.3 Å². The van der Waals surface area contributed by atoms with Crippen LogP contribution in [-0.4, -0.2) is 20.0 Å². The Labute approximate surface area is 105 Å². The molecule has 6 nitrogen and oxygen atoms in total. The average Bonchev–Trinajstić information content (AvgIpc) is 2.57. The van der Waals surface area contributed by atoms with Crippen molar-refractivity contribution in [2.45, 2.75) is 33.1 Å². The summed E-state index contributed by atoms with van der Waals surface area (Å²) in [5.74, 6) is 0.438. The van der Waals surface area contributed by atoms with E-state index in [1.807, 2.05) is 27.7 Å². The van der Waals surface area contributed by atoms with Crippen LogP contribution >= 0.6 is 0 Å². The van der Waals surface area contributed by atoms with Gasteiger partial charge in [-0.25, -0.2) is 0 Å². The maximum Gasteiger partial charge on any atom is 0.296 e. The zero-order valence-corrected chi connectivity index (χ0v) is 11.0. The molecule has 2 rings (SSSR count). The van der Waals surface area contributed by atoms with Crippen molar-refractivity contribution < 1.29 is 0 Å². The lowest BCUT2D eigenvalue weighted by molar-refractivity contribution is 0.560. The van der Waals surface area contributed by atoms with Gasteiger partial charge in [-0.3, -0.25) is 9.89 Å². The molecule has 0 saturated heterocycles. The average molecular weight is 247 g/mol. The van der Waals surface area contributed by atoms with E-state index in [1.54, 1.807) is 12.1 Å². The molecule has 0 aliphatic rings. The minimum Gasteiger partial charge on any atom is -0.393 e. The van der Waals surface area contributed by atoms with Crippen LogP contribution in [0.4, 0.5) is 5.69 Å². The van der Waals surface area contributed by atoms with E-state index in [0.29, 0.717) is 11.5 Å². The van der Waals surface area contributed by atoms with Crippen molar-refractivity contribution in [3.63, 3.8) is 0 Å². The van der Waals surface area contributed by atoms with Crippen LogP contribution < -0.4 is 11.3 Å². The van der Waals surface area contributed by atoms with Gasteiger partial charge < -0.3 is 5.73 Å². The molecule has 3 N–H and O–H groups in total. The number of aryl methyl sites for hydroxylation is 1. The number of nitrogens with zero attached hydrogens (tertiary/aromatic N) is 3. The molecule has 0 unspecified atom stereocenters. The van der Waals surface area contributed by atoms with Crippen LogP contribution in [-0.2, 0) is 5.41 Å². The van der Waals surface area contributed by atoms with Crippen molar-refractivity contribution in [3.8, 4) is 5.82 Å². The molecular formula is C12H17N5O. The molecule has 6 heteroatoms. The van der Waals surface area contributed by atoms with E-state index in [1.165, 1.54) is 4.68 Å². The summed E-state index contributed by atoms with van der Waals surface area (Å²) in [5, 5.41) is 10.9. The Morgan fingerprint density at radius 1 is 1.28 bits per heavy atom. The molecule has 0 aliphatic heterocycles. The van der Waals surface area contributed by atoms with Gasteiger partial charge in [0.2, 0.25) is 0 Å². The normalized spacial score (nSPS) is 11.8. The first kappa shape index (κ1) is 12.3. The number of hydrogen-bond acceptors (Lipinski definition) is 4. The Balaban J connectivity index is 2.60. The first-order valence-electron chi connectivity index (χ1n) is 5.72. The molecule has 0 aliphatic carbocycles. The molecule has 0 saturated carbocycles. The van der Waals surface area contributed by atoms with Gasteiger partial charge in [0.1, 0.15) is 5.69 Å². The minimum atomic E-state index is -0.293. The lowest BCUT2D eigenvalue weighted by Crippen LogP contribution is -2.18. The van der Waals surface area contributed by atoms with Crippen molar-refractivity contribution in [2.24, 2.45) is 0 Å². The maximum absolute atomic E-state index is 12.1. The van der Waals surface area contributed by atoms with Crippen LogP contribution in [0.25, 0.3) is 5.82 Å². The van der Waals surface area contributed by atoms with E-state index < -0.39 is 0 Å². The summed E-state index contributed by atoms with van der Waals surface area (Å²) in [6.45, 7) is 7.79. The summed E-state index contributed by atoms with van der Waals surface area (Å²) >= 11 is 0. The molecule has 2 aromatic rings. The zero-order valence-electron chi connectivity index (χ0n) is 11.0. The van der Waals surface area contributed by atoms with Gasteiger partial charge >= 0.3 is 0 Å².